The van der Waals surface area contributed by atoms with Crippen LogP contribution >= 0.6 is 0 Å². The summed E-state index contributed by atoms with van der Waals surface area (Å²) < 4.78 is 0. The van der Waals surface area contributed by atoms with Gasteiger partial charge in [0.25, 0.3) is 5.91 Å². The fourth-order valence-electron chi connectivity index (χ4n) is 1.31. The second kappa shape index (κ2) is 4.52. The van der Waals surface area contributed by atoms with Gasteiger partial charge in [-0.25, -0.2) is 4.98 Å². The van der Waals surface area contributed by atoms with Crippen LogP contribution in [-0.4, -0.2) is 16.0 Å². The molecule has 0 unspecified atom stereocenters. The number of rotatable bonds is 2. The highest BCUT2D eigenvalue weighted by molar-refractivity contribution is 6.04. The van der Waals surface area contributed by atoms with Gasteiger partial charge in [0.05, 0.1) is 0 Å². The monoisotopic (exact) mass is 229 g/mol. The van der Waals surface area contributed by atoms with E-state index >= 15 is 0 Å². The molecule has 0 fully saturated rings. The Balaban J connectivity index is 2.17. The number of amides is 1. The number of nitrogens with zero attached hydrogens (tertiary/aromatic N) is 1. The summed E-state index contributed by atoms with van der Waals surface area (Å²) in [6, 6.07) is 9.50. The molecule has 0 aliphatic rings. The average Bonchev–Trinajstić information content (AvgIpc) is 2.33. The first-order valence-corrected chi connectivity index (χ1v) is 4.97. The molecule has 5 heteroatoms. The van der Waals surface area contributed by atoms with Crippen LogP contribution < -0.4 is 11.1 Å². The number of benzene rings is 1. The molecule has 2 rings (SSSR count). The van der Waals surface area contributed by atoms with E-state index in [9.17, 15) is 9.90 Å². The topological polar surface area (TPSA) is 88.2 Å². The number of anilines is 2. The van der Waals surface area contributed by atoms with Crippen LogP contribution in [0.15, 0.2) is 42.6 Å². The molecule has 1 aromatic heterocycles. The van der Waals surface area contributed by atoms with E-state index < -0.39 is 0 Å². The summed E-state index contributed by atoms with van der Waals surface area (Å²) in [5.41, 5.74) is 6.55. The molecule has 0 spiro atoms. The third-order valence-corrected chi connectivity index (χ3v) is 2.19. The molecule has 1 aromatic carbocycles. The van der Waals surface area contributed by atoms with E-state index in [4.69, 9.17) is 5.73 Å². The molecule has 1 amide bonds. The standard InChI is InChI=1S/C12H11N3O2/c13-9-5-3-8(4-6-9)12(17)15-11-10(16)2-1-7-14-11/h1-7,16H,13H2,(H,14,15,17). The number of carbonyl (C=O) groups excluding carboxylic acids is 1. The summed E-state index contributed by atoms with van der Waals surface area (Å²) in [5, 5.41) is 12.0. The maximum Gasteiger partial charge on any atom is 0.256 e. The molecule has 0 aliphatic heterocycles. The van der Waals surface area contributed by atoms with Gasteiger partial charge in [-0.15, -0.1) is 0 Å². The molecule has 0 saturated heterocycles. The normalized spacial score (nSPS) is 9.88. The van der Waals surface area contributed by atoms with E-state index in [0.29, 0.717) is 11.3 Å². The lowest BCUT2D eigenvalue weighted by Gasteiger charge is -2.05. The van der Waals surface area contributed by atoms with Gasteiger partial charge in [-0.1, -0.05) is 0 Å². The van der Waals surface area contributed by atoms with Gasteiger partial charge >= 0.3 is 0 Å². The van der Waals surface area contributed by atoms with Gasteiger partial charge in [0.1, 0.15) is 0 Å². The van der Waals surface area contributed by atoms with Crippen LogP contribution in [0.5, 0.6) is 5.75 Å². The maximum absolute atomic E-state index is 11.8. The van der Waals surface area contributed by atoms with Gasteiger partial charge in [0.2, 0.25) is 0 Å². The van der Waals surface area contributed by atoms with E-state index in [1.165, 1.54) is 12.3 Å². The first-order chi connectivity index (χ1) is 8.16. The van der Waals surface area contributed by atoms with Crippen molar-refractivity contribution >= 4 is 17.4 Å². The Kier molecular flexibility index (Phi) is 2.91. The molecule has 4 N–H and O–H groups in total. The summed E-state index contributed by atoms with van der Waals surface area (Å²) in [7, 11) is 0. The fraction of sp³-hybridized carbons (Fsp3) is 0. The van der Waals surface area contributed by atoms with Crippen LogP contribution in [0.25, 0.3) is 0 Å². The van der Waals surface area contributed by atoms with Crippen molar-refractivity contribution in [3.05, 3.63) is 48.2 Å². The SMILES string of the molecule is Nc1ccc(C(=O)Nc2ncccc2O)cc1. The summed E-state index contributed by atoms with van der Waals surface area (Å²) >= 11 is 0. The Bertz CT molecular complexity index is 538. The van der Waals surface area contributed by atoms with E-state index in [0.717, 1.165) is 0 Å². The average molecular weight is 229 g/mol. The summed E-state index contributed by atoms with van der Waals surface area (Å²) in [5.74, 6) is -0.287. The van der Waals surface area contributed by atoms with Crippen molar-refractivity contribution in [2.24, 2.45) is 0 Å². The minimum atomic E-state index is -0.348. The quantitative estimate of drug-likeness (QED) is 0.683. The van der Waals surface area contributed by atoms with Crippen molar-refractivity contribution in [1.82, 2.24) is 4.98 Å². The maximum atomic E-state index is 11.8. The number of carbonyl (C=O) groups is 1. The number of nitrogens with one attached hydrogen (secondary N) is 1. The molecule has 0 saturated carbocycles. The summed E-state index contributed by atoms with van der Waals surface area (Å²) in [6.45, 7) is 0. The molecule has 2 aromatic rings. The Morgan fingerprint density at radius 2 is 1.94 bits per heavy atom. The molecule has 17 heavy (non-hydrogen) atoms. The van der Waals surface area contributed by atoms with Crippen LogP contribution in [0.4, 0.5) is 11.5 Å². The Labute approximate surface area is 97.9 Å². The van der Waals surface area contributed by atoms with E-state index in [1.54, 1.807) is 30.3 Å². The smallest absolute Gasteiger partial charge is 0.256 e. The first-order valence-electron chi connectivity index (χ1n) is 4.97. The Hall–Kier alpha value is -2.56. The Morgan fingerprint density at radius 3 is 2.59 bits per heavy atom. The molecular weight excluding hydrogens is 218 g/mol. The highest BCUT2D eigenvalue weighted by Gasteiger charge is 2.08. The van der Waals surface area contributed by atoms with Gasteiger partial charge in [-0.2, -0.15) is 0 Å². The number of nitrogen functional groups attached to an aromatic ring is 1. The lowest BCUT2D eigenvalue weighted by molar-refractivity contribution is 0.102. The lowest BCUT2D eigenvalue weighted by atomic mass is 10.2. The molecule has 5 nitrogen and oxygen atoms in total. The minimum absolute atomic E-state index is 0.0729. The molecular formula is C12H11N3O2. The predicted octanol–water partition coefficient (Wildman–Crippen LogP) is 1.62. The number of pyridine rings is 1. The van der Waals surface area contributed by atoms with Crippen LogP contribution in [0.2, 0.25) is 0 Å². The Morgan fingerprint density at radius 1 is 1.24 bits per heavy atom. The van der Waals surface area contributed by atoms with Gasteiger partial charge in [-0.05, 0) is 36.4 Å². The zero-order valence-electron chi connectivity index (χ0n) is 8.92. The molecule has 0 bridgehead atoms. The van der Waals surface area contributed by atoms with Crippen molar-refractivity contribution < 1.29 is 9.90 Å². The van der Waals surface area contributed by atoms with Crippen molar-refractivity contribution in [3.8, 4) is 5.75 Å². The van der Waals surface area contributed by atoms with E-state index in [2.05, 4.69) is 10.3 Å². The van der Waals surface area contributed by atoms with Crippen LogP contribution in [0, 0.1) is 0 Å². The van der Waals surface area contributed by atoms with Gasteiger partial charge in [0.15, 0.2) is 11.6 Å². The third kappa shape index (κ3) is 2.52. The first kappa shape index (κ1) is 10.9. The number of hydrogen-bond donors (Lipinski definition) is 3. The lowest BCUT2D eigenvalue weighted by Crippen LogP contribution is -2.12. The zero-order valence-corrected chi connectivity index (χ0v) is 8.92. The van der Waals surface area contributed by atoms with Crippen LogP contribution in [-0.2, 0) is 0 Å². The number of hydrogen-bond acceptors (Lipinski definition) is 4. The molecule has 1 heterocycles. The van der Waals surface area contributed by atoms with E-state index in [1.807, 2.05) is 0 Å². The highest BCUT2D eigenvalue weighted by Crippen LogP contribution is 2.19. The van der Waals surface area contributed by atoms with Crippen molar-refractivity contribution in [3.63, 3.8) is 0 Å². The second-order valence-corrected chi connectivity index (χ2v) is 3.45. The van der Waals surface area contributed by atoms with Crippen molar-refractivity contribution in [2.45, 2.75) is 0 Å². The zero-order chi connectivity index (χ0) is 12.3. The van der Waals surface area contributed by atoms with Gasteiger partial charge in [-0.3, -0.25) is 4.79 Å². The molecule has 0 aliphatic carbocycles. The van der Waals surface area contributed by atoms with Crippen molar-refractivity contribution in [2.75, 3.05) is 11.1 Å². The third-order valence-electron chi connectivity index (χ3n) is 2.19. The van der Waals surface area contributed by atoms with Crippen LogP contribution in [0.1, 0.15) is 10.4 Å². The second-order valence-electron chi connectivity index (χ2n) is 3.45. The fourth-order valence-corrected chi connectivity index (χ4v) is 1.31. The highest BCUT2D eigenvalue weighted by atomic mass is 16.3. The largest absolute Gasteiger partial charge is 0.504 e. The van der Waals surface area contributed by atoms with Gasteiger partial charge < -0.3 is 16.2 Å². The van der Waals surface area contributed by atoms with Crippen LogP contribution in [0.3, 0.4) is 0 Å². The van der Waals surface area contributed by atoms with Crippen molar-refractivity contribution in [1.29, 1.82) is 0 Å². The summed E-state index contributed by atoms with van der Waals surface area (Å²) in [6.07, 6.45) is 1.48. The predicted molar refractivity (Wildman–Crippen MR) is 64.7 cm³/mol. The van der Waals surface area contributed by atoms with Gasteiger partial charge in [0, 0.05) is 17.4 Å². The minimum Gasteiger partial charge on any atom is -0.504 e. The molecule has 86 valence electrons. The number of aromatic hydroxyl groups is 1. The van der Waals surface area contributed by atoms with E-state index in [-0.39, 0.29) is 17.5 Å². The molecule has 0 atom stereocenters. The number of nitrogens with two attached hydrogens (primary N) is 1. The molecule has 0 radical (unpaired) electrons. The number of aromatic nitrogens is 1. The summed E-state index contributed by atoms with van der Waals surface area (Å²) in [4.78, 5) is 15.6.